The van der Waals surface area contributed by atoms with E-state index in [0.717, 1.165) is 12.1 Å². The van der Waals surface area contributed by atoms with Crippen molar-refractivity contribution in [2.75, 3.05) is 6.61 Å². The predicted octanol–water partition coefficient (Wildman–Crippen LogP) is 4.28. The lowest BCUT2D eigenvalue weighted by Crippen LogP contribution is -2.38. The Bertz CT molecular complexity index is 811. The van der Waals surface area contributed by atoms with Gasteiger partial charge in [0.25, 0.3) is 5.91 Å². The summed E-state index contributed by atoms with van der Waals surface area (Å²) in [5, 5.41) is 2.68. The van der Waals surface area contributed by atoms with Gasteiger partial charge in [-0.25, -0.2) is 4.79 Å². The number of halogens is 3. The van der Waals surface area contributed by atoms with Crippen LogP contribution < -0.4 is 5.32 Å². The number of alkyl halides is 3. The maximum atomic E-state index is 12.8. The summed E-state index contributed by atoms with van der Waals surface area (Å²) in [4.78, 5) is 23.7. The van der Waals surface area contributed by atoms with Gasteiger partial charge >= 0.3 is 12.1 Å². The Morgan fingerprint density at radius 3 is 2.48 bits per heavy atom. The van der Waals surface area contributed by atoms with Crippen LogP contribution >= 0.6 is 0 Å². The minimum absolute atomic E-state index is 0.0765. The van der Waals surface area contributed by atoms with Crippen LogP contribution in [-0.2, 0) is 15.7 Å². The first-order chi connectivity index (χ1) is 12.6. The molecule has 8 heteroatoms. The first-order valence-corrected chi connectivity index (χ1v) is 8.32. The first kappa shape index (κ1) is 20.5. The molecular weight excluding hydrogens is 363 g/mol. The van der Waals surface area contributed by atoms with Crippen molar-refractivity contribution in [3.63, 3.8) is 0 Å². The molecule has 1 amide bonds. The summed E-state index contributed by atoms with van der Waals surface area (Å²) in [5.41, 5.74) is -0.649. The molecule has 1 atom stereocenters. The highest BCUT2D eigenvalue weighted by atomic mass is 19.4. The van der Waals surface area contributed by atoms with E-state index in [0.29, 0.717) is 0 Å². The zero-order valence-electron chi connectivity index (χ0n) is 15.1. The summed E-state index contributed by atoms with van der Waals surface area (Å²) in [6.07, 6.45) is -4.48. The predicted molar refractivity (Wildman–Crippen MR) is 91.9 cm³/mol. The summed E-state index contributed by atoms with van der Waals surface area (Å²) in [5.74, 6) is -1.21. The molecule has 0 unspecified atom stereocenters. The van der Waals surface area contributed by atoms with E-state index >= 15 is 0 Å². The van der Waals surface area contributed by atoms with E-state index in [1.54, 1.807) is 0 Å². The quantitative estimate of drug-likeness (QED) is 0.756. The number of ether oxygens (including phenoxy) is 1. The Morgan fingerprint density at radius 2 is 1.85 bits per heavy atom. The van der Waals surface area contributed by atoms with Crippen molar-refractivity contribution < 1.29 is 31.9 Å². The number of benzene rings is 1. The van der Waals surface area contributed by atoms with E-state index < -0.39 is 30.2 Å². The molecule has 1 N–H and O–H groups in total. The molecule has 146 valence electrons. The fourth-order valence-electron chi connectivity index (χ4n) is 2.12. The fraction of sp³-hybridized carbons (Fsp3) is 0.368. The van der Waals surface area contributed by atoms with Crippen LogP contribution in [0.25, 0.3) is 11.3 Å². The van der Waals surface area contributed by atoms with E-state index in [1.165, 1.54) is 24.3 Å². The van der Waals surface area contributed by atoms with Crippen LogP contribution in [0.2, 0.25) is 0 Å². The lowest BCUT2D eigenvalue weighted by Gasteiger charge is -2.17. The van der Waals surface area contributed by atoms with Gasteiger partial charge in [0.1, 0.15) is 5.76 Å². The third kappa shape index (κ3) is 5.60. The summed E-state index contributed by atoms with van der Waals surface area (Å²) < 4.78 is 48.5. The molecule has 0 spiro atoms. The number of furan rings is 1. The minimum atomic E-state index is -4.48. The number of carbonyl (C=O) groups excluding carboxylic acids is 2. The van der Waals surface area contributed by atoms with Crippen LogP contribution in [0.15, 0.2) is 40.8 Å². The van der Waals surface area contributed by atoms with Crippen molar-refractivity contribution in [2.45, 2.75) is 33.0 Å². The topological polar surface area (TPSA) is 68.5 Å². The molecule has 0 saturated heterocycles. The Morgan fingerprint density at radius 1 is 1.15 bits per heavy atom. The second kappa shape index (κ2) is 8.28. The second-order valence-corrected chi connectivity index (χ2v) is 6.42. The molecule has 27 heavy (non-hydrogen) atoms. The molecule has 1 aromatic carbocycles. The minimum Gasteiger partial charge on any atom is -0.450 e. The Labute approximate surface area is 154 Å². The molecule has 0 fully saturated rings. The van der Waals surface area contributed by atoms with Crippen molar-refractivity contribution in [1.82, 2.24) is 5.32 Å². The normalized spacial score (nSPS) is 12.7. The average Bonchev–Trinajstić information content (AvgIpc) is 3.09. The number of amides is 1. The van der Waals surface area contributed by atoms with Crippen LogP contribution in [0.1, 0.15) is 36.9 Å². The van der Waals surface area contributed by atoms with E-state index in [1.807, 2.05) is 20.8 Å². The zero-order valence-corrected chi connectivity index (χ0v) is 15.1. The van der Waals surface area contributed by atoms with E-state index in [9.17, 15) is 22.8 Å². The smallest absolute Gasteiger partial charge is 0.416 e. The maximum Gasteiger partial charge on any atom is 0.416 e. The Hall–Kier alpha value is -2.77. The molecule has 0 saturated carbocycles. The Kier molecular flexibility index (Phi) is 6.30. The molecule has 2 rings (SSSR count). The molecule has 2 aromatic rings. The summed E-state index contributed by atoms with van der Waals surface area (Å²) in [6, 6.07) is 7.13. The van der Waals surface area contributed by atoms with Gasteiger partial charge in [0.15, 0.2) is 6.61 Å². The molecule has 1 heterocycles. The molecule has 0 aliphatic rings. The van der Waals surface area contributed by atoms with Gasteiger partial charge in [-0.05, 0) is 37.1 Å². The second-order valence-electron chi connectivity index (χ2n) is 6.42. The number of hydrogen-bond acceptors (Lipinski definition) is 4. The van der Waals surface area contributed by atoms with Crippen LogP contribution in [0.5, 0.6) is 0 Å². The van der Waals surface area contributed by atoms with E-state index in [2.05, 4.69) is 5.32 Å². The lowest BCUT2D eigenvalue weighted by molar-refractivity contribution is -0.137. The largest absolute Gasteiger partial charge is 0.450 e. The van der Waals surface area contributed by atoms with Gasteiger partial charge in [0.2, 0.25) is 5.76 Å². The number of esters is 1. The number of rotatable bonds is 6. The lowest BCUT2D eigenvalue weighted by atomic mass is 10.1. The van der Waals surface area contributed by atoms with Gasteiger partial charge in [-0.3, -0.25) is 4.79 Å². The van der Waals surface area contributed by atoms with Gasteiger partial charge in [0.05, 0.1) is 5.56 Å². The zero-order chi connectivity index (χ0) is 20.2. The number of hydrogen-bond donors (Lipinski definition) is 1. The van der Waals surface area contributed by atoms with E-state index in [4.69, 9.17) is 9.15 Å². The molecule has 5 nitrogen and oxygen atoms in total. The van der Waals surface area contributed by atoms with Gasteiger partial charge in [-0.1, -0.05) is 26.0 Å². The Balaban J connectivity index is 2.01. The third-order valence-electron chi connectivity index (χ3n) is 4.00. The molecule has 0 aliphatic heterocycles. The molecular formula is C19H20F3NO4. The monoisotopic (exact) mass is 383 g/mol. The van der Waals surface area contributed by atoms with Crippen molar-refractivity contribution >= 4 is 11.9 Å². The number of nitrogens with one attached hydrogen (secondary N) is 1. The SMILES string of the molecule is CC(C)[C@H](C)NC(=O)COC(=O)c1ccc(-c2cccc(C(F)(F)F)c2)o1. The summed E-state index contributed by atoms with van der Waals surface area (Å²) in [6.45, 7) is 5.23. The van der Waals surface area contributed by atoms with Crippen molar-refractivity contribution in [3.8, 4) is 11.3 Å². The summed E-state index contributed by atoms with van der Waals surface area (Å²) >= 11 is 0. The van der Waals surface area contributed by atoms with Gasteiger partial charge < -0.3 is 14.5 Å². The summed E-state index contributed by atoms with van der Waals surface area (Å²) in [7, 11) is 0. The molecule has 0 radical (unpaired) electrons. The highest BCUT2D eigenvalue weighted by Gasteiger charge is 2.30. The van der Waals surface area contributed by atoms with Crippen molar-refractivity contribution in [3.05, 3.63) is 47.7 Å². The standard InChI is InChI=1S/C19H20F3NO4/c1-11(2)12(3)23-17(24)10-26-18(25)16-8-7-15(27-16)13-5-4-6-14(9-13)19(20,21)22/h4-9,11-12H,10H2,1-3H3,(H,23,24)/t12-/m0/s1. The van der Waals surface area contributed by atoms with Gasteiger partial charge in [-0.15, -0.1) is 0 Å². The van der Waals surface area contributed by atoms with Crippen molar-refractivity contribution in [2.24, 2.45) is 5.92 Å². The van der Waals surface area contributed by atoms with Crippen LogP contribution in [0, 0.1) is 5.92 Å². The highest BCUT2D eigenvalue weighted by Crippen LogP contribution is 2.32. The van der Waals surface area contributed by atoms with Crippen molar-refractivity contribution in [1.29, 1.82) is 0 Å². The maximum absolute atomic E-state index is 12.8. The van der Waals surface area contributed by atoms with Crippen LogP contribution in [0.3, 0.4) is 0 Å². The van der Waals surface area contributed by atoms with Crippen LogP contribution in [-0.4, -0.2) is 24.5 Å². The third-order valence-corrected chi connectivity index (χ3v) is 4.00. The average molecular weight is 383 g/mol. The molecule has 1 aromatic heterocycles. The fourth-order valence-corrected chi connectivity index (χ4v) is 2.12. The number of carbonyl (C=O) groups is 2. The van der Waals surface area contributed by atoms with E-state index in [-0.39, 0.29) is 29.0 Å². The van der Waals surface area contributed by atoms with Gasteiger partial charge in [-0.2, -0.15) is 13.2 Å². The highest BCUT2D eigenvalue weighted by molar-refractivity contribution is 5.89. The molecule has 0 aliphatic carbocycles. The van der Waals surface area contributed by atoms with Crippen LogP contribution in [0.4, 0.5) is 13.2 Å². The molecule has 0 bridgehead atoms. The van der Waals surface area contributed by atoms with Gasteiger partial charge in [0, 0.05) is 11.6 Å². The first-order valence-electron chi connectivity index (χ1n) is 8.32.